The lowest BCUT2D eigenvalue weighted by atomic mass is 10.0. The SMILES string of the molecule is CC(NC(C)c1ccc2c(c1)OCO2)c1cccc(Cl)c1. The van der Waals surface area contributed by atoms with Gasteiger partial charge in [-0.3, -0.25) is 0 Å². The first-order valence-corrected chi connectivity index (χ1v) is 7.42. The summed E-state index contributed by atoms with van der Waals surface area (Å²) < 4.78 is 10.8. The van der Waals surface area contributed by atoms with E-state index in [1.165, 1.54) is 11.1 Å². The van der Waals surface area contributed by atoms with Gasteiger partial charge >= 0.3 is 0 Å². The number of fused-ring (bicyclic) bond motifs is 1. The van der Waals surface area contributed by atoms with E-state index in [1.807, 2.05) is 30.3 Å². The maximum atomic E-state index is 6.05. The number of hydrogen-bond acceptors (Lipinski definition) is 3. The van der Waals surface area contributed by atoms with E-state index in [-0.39, 0.29) is 12.1 Å². The van der Waals surface area contributed by atoms with E-state index < -0.39 is 0 Å². The highest BCUT2D eigenvalue weighted by Crippen LogP contribution is 2.34. The lowest BCUT2D eigenvalue weighted by Gasteiger charge is -2.21. The summed E-state index contributed by atoms with van der Waals surface area (Å²) in [6, 6.07) is 14.4. The van der Waals surface area contributed by atoms with Gasteiger partial charge in [-0.25, -0.2) is 0 Å². The second-order valence-corrected chi connectivity index (χ2v) is 5.71. The highest BCUT2D eigenvalue weighted by atomic mass is 35.5. The van der Waals surface area contributed by atoms with E-state index in [9.17, 15) is 0 Å². The largest absolute Gasteiger partial charge is 0.454 e. The summed E-state index contributed by atoms with van der Waals surface area (Å²) in [6.45, 7) is 4.58. The molecule has 0 amide bonds. The zero-order chi connectivity index (χ0) is 14.8. The zero-order valence-electron chi connectivity index (χ0n) is 12.1. The monoisotopic (exact) mass is 303 g/mol. The summed E-state index contributed by atoms with van der Waals surface area (Å²) in [5.74, 6) is 1.63. The molecule has 0 aliphatic carbocycles. The van der Waals surface area contributed by atoms with Crippen LogP contribution in [0.4, 0.5) is 0 Å². The third-order valence-electron chi connectivity index (χ3n) is 3.75. The molecule has 21 heavy (non-hydrogen) atoms. The molecule has 3 nitrogen and oxygen atoms in total. The maximum Gasteiger partial charge on any atom is 0.231 e. The van der Waals surface area contributed by atoms with Gasteiger partial charge in [0.15, 0.2) is 11.5 Å². The quantitative estimate of drug-likeness (QED) is 0.903. The van der Waals surface area contributed by atoms with Crippen molar-refractivity contribution in [1.82, 2.24) is 5.32 Å². The number of rotatable bonds is 4. The van der Waals surface area contributed by atoms with Crippen molar-refractivity contribution in [3.8, 4) is 11.5 Å². The molecule has 2 atom stereocenters. The molecular weight excluding hydrogens is 286 g/mol. The second-order valence-electron chi connectivity index (χ2n) is 5.28. The summed E-state index contributed by atoms with van der Waals surface area (Å²) in [5, 5.41) is 4.34. The van der Waals surface area contributed by atoms with Gasteiger partial charge in [0.2, 0.25) is 6.79 Å². The molecule has 3 rings (SSSR count). The van der Waals surface area contributed by atoms with Gasteiger partial charge in [-0.2, -0.15) is 0 Å². The molecule has 4 heteroatoms. The first-order chi connectivity index (χ1) is 10.1. The lowest BCUT2D eigenvalue weighted by molar-refractivity contribution is 0.174. The Bertz CT molecular complexity index is 644. The lowest BCUT2D eigenvalue weighted by Crippen LogP contribution is -2.22. The number of benzene rings is 2. The summed E-state index contributed by atoms with van der Waals surface area (Å²) in [5.41, 5.74) is 2.35. The van der Waals surface area contributed by atoms with Gasteiger partial charge in [0.05, 0.1) is 0 Å². The normalized spacial score (nSPS) is 15.8. The Morgan fingerprint density at radius 2 is 1.67 bits per heavy atom. The van der Waals surface area contributed by atoms with Crippen molar-refractivity contribution in [3.05, 3.63) is 58.6 Å². The Morgan fingerprint density at radius 3 is 2.43 bits per heavy atom. The van der Waals surface area contributed by atoms with Crippen LogP contribution in [0, 0.1) is 0 Å². The molecule has 1 heterocycles. The fraction of sp³-hybridized carbons (Fsp3) is 0.294. The fourth-order valence-electron chi connectivity index (χ4n) is 2.53. The molecule has 0 spiro atoms. The van der Waals surface area contributed by atoms with Crippen molar-refractivity contribution in [2.75, 3.05) is 6.79 Å². The maximum absolute atomic E-state index is 6.05. The first kappa shape index (κ1) is 14.2. The average molecular weight is 304 g/mol. The van der Waals surface area contributed by atoms with E-state index in [0.717, 1.165) is 16.5 Å². The molecule has 0 aromatic heterocycles. The molecule has 0 bridgehead atoms. The van der Waals surface area contributed by atoms with Gasteiger partial charge in [-0.05, 0) is 49.2 Å². The van der Waals surface area contributed by atoms with E-state index in [4.69, 9.17) is 21.1 Å². The van der Waals surface area contributed by atoms with Crippen molar-refractivity contribution in [2.24, 2.45) is 0 Å². The molecule has 2 aromatic carbocycles. The number of hydrogen-bond donors (Lipinski definition) is 1. The van der Waals surface area contributed by atoms with Crippen LogP contribution in [0.3, 0.4) is 0 Å². The molecule has 2 aromatic rings. The van der Waals surface area contributed by atoms with Crippen LogP contribution in [0.1, 0.15) is 37.1 Å². The highest BCUT2D eigenvalue weighted by molar-refractivity contribution is 6.30. The number of halogens is 1. The molecule has 0 fully saturated rings. The Labute approximate surface area is 129 Å². The minimum atomic E-state index is 0.202. The summed E-state index contributed by atoms with van der Waals surface area (Å²) in [6.07, 6.45) is 0. The van der Waals surface area contributed by atoms with Crippen molar-refractivity contribution < 1.29 is 9.47 Å². The molecule has 0 radical (unpaired) electrons. The van der Waals surface area contributed by atoms with Crippen LogP contribution < -0.4 is 14.8 Å². The van der Waals surface area contributed by atoms with Gasteiger partial charge < -0.3 is 14.8 Å². The van der Waals surface area contributed by atoms with Crippen LogP contribution in [-0.2, 0) is 0 Å². The van der Waals surface area contributed by atoms with Crippen LogP contribution in [0.2, 0.25) is 5.02 Å². The van der Waals surface area contributed by atoms with Crippen molar-refractivity contribution in [2.45, 2.75) is 25.9 Å². The van der Waals surface area contributed by atoms with Gasteiger partial charge in [0, 0.05) is 17.1 Å². The summed E-state index contributed by atoms with van der Waals surface area (Å²) >= 11 is 6.05. The summed E-state index contributed by atoms with van der Waals surface area (Å²) in [7, 11) is 0. The number of ether oxygens (including phenoxy) is 2. The third kappa shape index (κ3) is 3.14. The van der Waals surface area contributed by atoms with E-state index in [0.29, 0.717) is 6.79 Å². The molecule has 0 saturated heterocycles. The van der Waals surface area contributed by atoms with Gasteiger partial charge in [0.1, 0.15) is 0 Å². The Morgan fingerprint density at radius 1 is 0.952 bits per heavy atom. The van der Waals surface area contributed by atoms with Crippen molar-refractivity contribution in [3.63, 3.8) is 0 Å². The second kappa shape index (κ2) is 5.96. The molecule has 1 aliphatic rings. The van der Waals surface area contributed by atoms with Crippen molar-refractivity contribution in [1.29, 1.82) is 0 Å². The first-order valence-electron chi connectivity index (χ1n) is 7.04. The van der Waals surface area contributed by atoms with Crippen LogP contribution in [-0.4, -0.2) is 6.79 Å². The van der Waals surface area contributed by atoms with E-state index in [1.54, 1.807) is 0 Å². The smallest absolute Gasteiger partial charge is 0.231 e. The molecular formula is C17H18ClNO2. The topological polar surface area (TPSA) is 30.5 Å². The van der Waals surface area contributed by atoms with E-state index in [2.05, 4.69) is 31.3 Å². The summed E-state index contributed by atoms with van der Waals surface area (Å²) in [4.78, 5) is 0. The Kier molecular flexibility index (Phi) is 4.04. The average Bonchev–Trinajstić information content (AvgIpc) is 2.94. The van der Waals surface area contributed by atoms with Gasteiger partial charge in [-0.15, -0.1) is 0 Å². The van der Waals surface area contributed by atoms with Crippen LogP contribution in [0.5, 0.6) is 11.5 Å². The molecule has 0 saturated carbocycles. The molecule has 1 N–H and O–H groups in total. The van der Waals surface area contributed by atoms with Crippen molar-refractivity contribution >= 4 is 11.6 Å². The van der Waals surface area contributed by atoms with Gasteiger partial charge in [-0.1, -0.05) is 29.8 Å². The minimum absolute atomic E-state index is 0.202. The van der Waals surface area contributed by atoms with E-state index >= 15 is 0 Å². The standard InChI is InChI=1S/C17H18ClNO2/c1-11(13-4-3-5-15(18)8-13)19-12(2)14-6-7-16-17(9-14)21-10-20-16/h3-9,11-12,19H,10H2,1-2H3. The van der Waals surface area contributed by atoms with Gasteiger partial charge in [0.25, 0.3) is 0 Å². The zero-order valence-corrected chi connectivity index (χ0v) is 12.9. The Hall–Kier alpha value is -1.71. The minimum Gasteiger partial charge on any atom is -0.454 e. The van der Waals surface area contributed by atoms with Crippen LogP contribution >= 0.6 is 11.6 Å². The Balaban J connectivity index is 1.72. The predicted molar refractivity (Wildman–Crippen MR) is 84.0 cm³/mol. The highest BCUT2D eigenvalue weighted by Gasteiger charge is 2.17. The predicted octanol–water partition coefficient (Wildman–Crippen LogP) is 4.48. The number of nitrogens with one attached hydrogen (secondary N) is 1. The molecule has 1 aliphatic heterocycles. The molecule has 110 valence electrons. The third-order valence-corrected chi connectivity index (χ3v) is 3.98. The van der Waals surface area contributed by atoms with Crippen LogP contribution in [0.25, 0.3) is 0 Å². The van der Waals surface area contributed by atoms with Crippen LogP contribution in [0.15, 0.2) is 42.5 Å². The fourth-order valence-corrected chi connectivity index (χ4v) is 2.72. The molecule has 2 unspecified atom stereocenters.